The SMILES string of the molecule is C#CC.C=C(C)/C(=C(/c1ccc(C)c(Cl)c1)c1c(C)[nH]c2c1CCCC2)C(C=O)CCC.CC. The summed E-state index contributed by atoms with van der Waals surface area (Å²) in [6.45, 7) is 18.2. The summed E-state index contributed by atoms with van der Waals surface area (Å²) in [7, 11) is 0. The molecule has 34 heavy (non-hydrogen) atoms. The molecule has 2 aromatic rings. The van der Waals surface area contributed by atoms with E-state index in [4.69, 9.17) is 11.6 Å². The average Bonchev–Trinajstić information content (AvgIpc) is 3.15. The zero-order valence-corrected chi connectivity index (χ0v) is 23.0. The first kappa shape index (κ1) is 29.5. The minimum Gasteiger partial charge on any atom is -0.362 e. The van der Waals surface area contributed by atoms with Crippen LogP contribution in [0.15, 0.2) is 35.9 Å². The van der Waals surface area contributed by atoms with E-state index < -0.39 is 0 Å². The van der Waals surface area contributed by atoms with Gasteiger partial charge in [0.05, 0.1) is 0 Å². The molecule has 1 aliphatic carbocycles. The number of nitrogens with one attached hydrogen (secondary N) is 1. The number of rotatable bonds is 7. The number of hydrogen-bond donors (Lipinski definition) is 1. The zero-order chi connectivity index (χ0) is 25.8. The van der Waals surface area contributed by atoms with Crippen molar-refractivity contribution in [3.05, 3.63) is 74.6 Å². The van der Waals surface area contributed by atoms with Crippen LogP contribution in [-0.2, 0) is 17.6 Å². The number of terminal acetylenes is 1. The number of aromatic nitrogens is 1. The van der Waals surface area contributed by atoms with Crippen LogP contribution in [0.4, 0.5) is 0 Å². The fraction of sp³-hybridized carbons (Fsp3) is 0.452. The lowest BCUT2D eigenvalue weighted by atomic mass is 9.79. The molecule has 0 saturated heterocycles. The van der Waals surface area contributed by atoms with Crippen LogP contribution in [0.1, 0.15) is 93.9 Å². The summed E-state index contributed by atoms with van der Waals surface area (Å²) in [6, 6.07) is 6.25. The second kappa shape index (κ2) is 14.7. The van der Waals surface area contributed by atoms with Crippen molar-refractivity contribution in [3.63, 3.8) is 0 Å². The maximum Gasteiger partial charge on any atom is 0.127 e. The van der Waals surface area contributed by atoms with Crippen LogP contribution in [0, 0.1) is 32.1 Å². The normalized spacial score (nSPS) is 13.6. The maximum absolute atomic E-state index is 12.1. The summed E-state index contributed by atoms with van der Waals surface area (Å²) in [6.07, 6.45) is 12.0. The highest BCUT2D eigenvalue weighted by molar-refractivity contribution is 6.31. The van der Waals surface area contributed by atoms with Crippen molar-refractivity contribution in [2.45, 2.75) is 87.0 Å². The van der Waals surface area contributed by atoms with Gasteiger partial charge < -0.3 is 9.78 Å². The number of carbonyl (C=O) groups is 1. The molecule has 1 unspecified atom stereocenters. The van der Waals surface area contributed by atoms with Crippen LogP contribution in [0.5, 0.6) is 0 Å². The Bertz CT molecular complexity index is 1050. The molecule has 0 amide bonds. The first-order chi connectivity index (χ1) is 16.3. The van der Waals surface area contributed by atoms with E-state index in [1.165, 1.54) is 35.4 Å². The van der Waals surface area contributed by atoms with Gasteiger partial charge in [-0.25, -0.2) is 0 Å². The van der Waals surface area contributed by atoms with Crippen LogP contribution >= 0.6 is 11.6 Å². The number of aryl methyl sites for hydroxylation is 3. The highest BCUT2D eigenvalue weighted by atomic mass is 35.5. The lowest BCUT2D eigenvalue weighted by Gasteiger charge is -2.23. The van der Waals surface area contributed by atoms with Gasteiger partial charge in [0, 0.05) is 27.9 Å². The number of fused-ring (bicyclic) bond motifs is 1. The number of carbonyl (C=O) groups excluding carboxylic acids is 1. The Morgan fingerprint density at radius 1 is 1.26 bits per heavy atom. The molecule has 184 valence electrons. The molecule has 0 fully saturated rings. The van der Waals surface area contributed by atoms with Crippen molar-refractivity contribution >= 4 is 23.5 Å². The Balaban J connectivity index is 0.00000107. The molecule has 0 bridgehead atoms. The Labute approximate surface area is 212 Å². The lowest BCUT2D eigenvalue weighted by Crippen LogP contribution is -2.12. The fourth-order valence-corrected chi connectivity index (χ4v) is 4.84. The summed E-state index contributed by atoms with van der Waals surface area (Å²) < 4.78 is 0. The highest BCUT2D eigenvalue weighted by Crippen LogP contribution is 2.41. The highest BCUT2D eigenvalue weighted by Gasteiger charge is 2.27. The molecule has 1 aliphatic rings. The van der Waals surface area contributed by atoms with Gasteiger partial charge in [-0.15, -0.1) is 12.3 Å². The molecule has 0 saturated carbocycles. The zero-order valence-electron chi connectivity index (χ0n) is 22.2. The van der Waals surface area contributed by atoms with Crippen molar-refractivity contribution in [2.75, 3.05) is 0 Å². The quantitative estimate of drug-likeness (QED) is 0.240. The molecule has 1 atom stereocenters. The van der Waals surface area contributed by atoms with Gasteiger partial charge in [-0.05, 0) is 93.7 Å². The van der Waals surface area contributed by atoms with Crippen LogP contribution in [-0.4, -0.2) is 11.3 Å². The van der Waals surface area contributed by atoms with Gasteiger partial charge in [-0.3, -0.25) is 0 Å². The van der Waals surface area contributed by atoms with Gasteiger partial charge in [-0.1, -0.05) is 63.1 Å². The number of allylic oxidation sites excluding steroid dienone is 2. The summed E-state index contributed by atoms with van der Waals surface area (Å²) in [5.74, 6) is 2.08. The van der Waals surface area contributed by atoms with Crippen molar-refractivity contribution in [2.24, 2.45) is 5.92 Å². The Hall–Kier alpha value is -2.50. The third kappa shape index (κ3) is 7.00. The molecule has 1 N–H and O–H groups in total. The minimum absolute atomic E-state index is 0.166. The molecule has 3 heteroatoms. The summed E-state index contributed by atoms with van der Waals surface area (Å²) in [5, 5.41) is 0.751. The van der Waals surface area contributed by atoms with Gasteiger partial charge in [-0.2, -0.15) is 0 Å². The van der Waals surface area contributed by atoms with Crippen LogP contribution in [0.3, 0.4) is 0 Å². The van der Waals surface area contributed by atoms with Crippen LogP contribution < -0.4 is 0 Å². The van der Waals surface area contributed by atoms with Gasteiger partial charge in [0.2, 0.25) is 0 Å². The van der Waals surface area contributed by atoms with E-state index in [0.717, 1.165) is 64.8 Å². The monoisotopic (exact) mass is 479 g/mol. The van der Waals surface area contributed by atoms with E-state index >= 15 is 0 Å². The maximum atomic E-state index is 12.1. The summed E-state index contributed by atoms with van der Waals surface area (Å²) in [5.41, 5.74) is 10.4. The Morgan fingerprint density at radius 3 is 2.41 bits per heavy atom. The minimum atomic E-state index is -0.166. The molecule has 3 rings (SSSR count). The molecule has 0 spiro atoms. The standard InChI is InChI=1S/C26H32ClNO.C3H4.C2H6/c1-6-9-20(15-29)24(16(2)3)26(19-13-12-17(4)22(27)14-19)25-18(5)28-23-11-8-7-10-21(23)25;1-3-2;1-2/h12-15,20,28H,2,6-11H2,1,3-5H3;1H,2H3;1-2H3/b26-24+;;. The third-order valence-electron chi connectivity index (χ3n) is 6.06. The molecular weight excluding hydrogens is 438 g/mol. The topological polar surface area (TPSA) is 32.9 Å². The first-order valence-electron chi connectivity index (χ1n) is 12.5. The van der Waals surface area contributed by atoms with E-state index in [1.807, 2.05) is 33.8 Å². The Kier molecular flexibility index (Phi) is 12.8. The van der Waals surface area contributed by atoms with E-state index in [1.54, 1.807) is 6.92 Å². The van der Waals surface area contributed by atoms with E-state index in [0.29, 0.717) is 0 Å². The summed E-state index contributed by atoms with van der Waals surface area (Å²) >= 11 is 6.54. The largest absolute Gasteiger partial charge is 0.362 e. The average molecular weight is 480 g/mol. The molecule has 1 aromatic heterocycles. The molecule has 1 heterocycles. The van der Waals surface area contributed by atoms with Gasteiger partial charge in [0.25, 0.3) is 0 Å². The van der Waals surface area contributed by atoms with E-state index in [2.05, 4.69) is 49.9 Å². The van der Waals surface area contributed by atoms with Crippen molar-refractivity contribution in [1.82, 2.24) is 4.98 Å². The smallest absolute Gasteiger partial charge is 0.127 e. The predicted octanol–water partition coefficient (Wildman–Crippen LogP) is 8.82. The molecular formula is C31H42ClNO. The lowest BCUT2D eigenvalue weighted by molar-refractivity contribution is -0.110. The van der Waals surface area contributed by atoms with Gasteiger partial charge in [0.1, 0.15) is 6.29 Å². The Morgan fingerprint density at radius 2 is 1.88 bits per heavy atom. The number of aldehydes is 1. The van der Waals surface area contributed by atoms with Gasteiger partial charge >= 0.3 is 0 Å². The van der Waals surface area contributed by atoms with Crippen LogP contribution in [0.2, 0.25) is 5.02 Å². The molecule has 0 radical (unpaired) electrons. The summed E-state index contributed by atoms with van der Waals surface area (Å²) in [4.78, 5) is 15.8. The van der Waals surface area contributed by atoms with E-state index in [9.17, 15) is 4.79 Å². The fourth-order valence-electron chi connectivity index (χ4n) is 4.66. The number of hydrogen-bond acceptors (Lipinski definition) is 1. The first-order valence-corrected chi connectivity index (χ1v) is 12.9. The second-order valence-corrected chi connectivity index (χ2v) is 9.05. The van der Waals surface area contributed by atoms with Gasteiger partial charge in [0.15, 0.2) is 0 Å². The van der Waals surface area contributed by atoms with Crippen molar-refractivity contribution < 1.29 is 4.79 Å². The van der Waals surface area contributed by atoms with Crippen molar-refractivity contribution in [3.8, 4) is 12.3 Å². The molecule has 0 aliphatic heterocycles. The van der Waals surface area contributed by atoms with Crippen molar-refractivity contribution in [1.29, 1.82) is 0 Å². The van der Waals surface area contributed by atoms with Crippen LogP contribution in [0.25, 0.3) is 5.57 Å². The number of H-pyrrole nitrogens is 1. The number of aromatic amines is 1. The predicted molar refractivity (Wildman–Crippen MR) is 150 cm³/mol. The molecule has 1 aromatic carbocycles. The van der Waals surface area contributed by atoms with E-state index in [-0.39, 0.29) is 5.92 Å². The molecule has 2 nitrogen and oxygen atoms in total. The number of benzene rings is 1. The number of halogens is 1. The second-order valence-electron chi connectivity index (χ2n) is 8.64. The third-order valence-corrected chi connectivity index (χ3v) is 6.46.